The number of likely N-dealkylation sites (N-methyl/N-ethyl adjacent to an activating group) is 1. The van der Waals surface area contributed by atoms with Crippen LogP contribution in [0.4, 0.5) is 0 Å². The van der Waals surface area contributed by atoms with E-state index in [4.69, 9.17) is 5.26 Å². The number of carbonyl (C=O) groups is 2. The van der Waals surface area contributed by atoms with Gasteiger partial charge in [-0.1, -0.05) is 19.9 Å². The van der Waals surface area contributed by atoms with Crippen LogP contribution in [0.15, 0.2) is 24.3 Å². The van der Waals surface area contributed by atoms with E-state index >= 15 is 0 Å². The summed E-state index contributed by atoms with van der Waals surface area (Å²) >= 11 is 0. The number of nitriles is 1. The van der Waals surface area contributed by atoms with Crippen molar-refractivity contribution in [2.24, 2.45) is 5.92 Å². The van der Waals surface area contributed by atoms with Gasteiger partial charge in [-0.2, -0.15) is 5.26 Å². The Bertz CT molecular complexity index is 559. The molecule has 0 saturated heterocycles. The maximum absolute atomic E-state index is 12.2. The zero-order valence-electron chi connectivity index (χ0n) is 12.9. The van der Waals surface area contributed by atoms with Crippen LogP contribution < -0.4 is 5.32 Å². The van der Waals surface area contributed by atoms with Crippen molar-refractivity contribution in [3.05, 3.63) is 35.4 Å². The van der Waals surface area contributed by atoms with E-state index in [2.05, 4.69) is 5.32 Å². The largest absolute Gasteiger partial charge is 0.347 e. The zero-order chi connectivity index (χ0) is 16.0. The molecule has 1 N–H and O–H groups in total. The quantitative estimate of drug-likeness (QED) is 0.897. The Morgan fingerprint density at radius 2 is 2.00 bits per heavy atom. The average Bonchev–Trinajstić information content (AvgIpc) is 2.45. The van der Waals surface area contributed by atoms with Crippen molar-refractivity contribution in [3.63, 3.8) is 0 Å². The molecule has 0 aliphatic heterocycles. The monoisotopic (exact) mass is 287 g/mol. The molecule has 112 valence electrons. The summed E-state index contributed by atoms with van der Waals surface area (Å²) in [5.74, 6) is -0.189. The highest BCUT2D eigenvalue weighted by Crippen LogP contribution is 2.09. The van der Waals surface area contributed by atoms with Gasteiger partial charge in [-0.15, -0.1) is 0 Å². The summed E-state index contributed by atoms with van der Waals surface area (Å²) in [6, 6.07) is 7.86. The van der Waals surface area contributed by atoms with Gasteiger partial charge >= 0.3 is 0 Å². The summed E-state index contributed by atoms with van der Waals surface area (Å²) in [5, 5.41) is 11.6. The summed E-state index contributed by atoms with van der Waals surface area (Å²) in [4.78, 5) is 25.8. The van der Waals surface area contributed by atoms with E-state index in [0.717, 1.165) is 0 Å². The second kappa shape index (κ2) is 7.44. The molecule has 0 radical (unpaired) electrons. The highest BCUT2D eigenvalue weighted by atomic mass is 16.2. The summed E-state index contributed by atoms with van der Waals surface area (Å²) in [7, 11) is 3.33. The molecule has 21 heavy (non-hydrogen) atoms. The highest BCUT2D eigenvalue weighted by Gasteiger charge is 2.23. The first-order valence-electron chi connectivity index (χ1n) is 6.87. The molecule has 2 amide bonds. The van der Waals surface area contributed by atoms with Crippen LogP contribution in [0.25, 0.3) is 0 Å². The maximum atomic E-state index is 12.2. The lowest BCUT2D eigenvalue weighted by Crippen LogP contribution is -2.46. The second-order valence-corrected chi connectivity index (χ2v) is 5.58. The van der Waals surface area contributed by atoms with Gasteiger partial charge in [0.15, 0.2) is 0 Å². The van der Waals surface area contributed by atoms with Crippen LogP contribution in [0.1, 0.15) is 36.2 Å². The van der Waals surface area contributed by atoms with Crippen molar-refractivity contribution in [1.82, 2.24) is 10.2 Å². The van der Waals surface area contributed by atoms with E-state index in [0.29, 0.717) is 17.5 Å². The first-order chi connectivity index (χ1) is 9.85. The fourth-order valence-corrected chi connectivity index (χ4v) is 1.98. The van der Waals surface area contributed by atoms with Crippen molar-refractivity contribution < 1.29 is 9.59 Å². The van der Waals surface area contributed by atoms with Crippen molar-refractivity contribution >= 4 is 11.8 Å². The lowest BCUT2D eigenvalue weighted by Gasteiger charge is -2.23. The minimum Gasteiger partial charge on any atom is -0.347 e. The molecule has 0 aliphatic rings. The number of carbonyl (C=O) groups excluding carboxylic acids is 2. The number of nitrogens with zero attached hydrogens (tertiary/aromatic N) is 2. The number of hydrogen-bond acceptors (Lipinski definition) is 3. The second-order valence-electron chi connectivity index (χ2n) is 5.58. The average molecular weight is 287 g/mol. The SMILES string of the molecule is CC(C)C[C@@H](NC(=O)c1cccc(C#N)c1)C(=O)N(C)C. The molecule has 0 bridgehead atoms. The number of hydrogen-bond donors (Lipinski definition) is 1. The van der Waals surface area contributed by atoms with E-state index < -0.39 is 6.04 Å². The minimum atomic E-state index is -0.557. The predicted octanol–water partition coefficient (Wildman–Crippen LogP) is 1.79. The summed E-state index contributed by atoms with van der Waals surface area (Å²) < 4.78 is 0. The molecule has 0 aliphatic carbocycles. The lowest BCUT2D eigenvalue weighted by molar-refractivity contribution is -0.131. The third-order valence-electron chi connectivity index (χ3n) is 3.01. The molecule has 0 spiro atoms. The number of nitrogens with one attached hydrogen (secondary N) is 1. The molecule has 1 rings (SSSR count). The molecule has 0 unspecified atom stereocenters. The minimum absolute atomic E-state index is 0.131. The molecule has 0 heterocycles. The van der Waals surface area contributed by atoms with Crippen molar-refractivity contribution in [1.29, 1.82) is 5.26 Å². The number of rotatable bonds is 5. The van der Waals surface area contributed by atoms with Gasteiger partial charge in [0.2, 0.25) is 5.91 Å². The Morgan fingerprint density at radius 3 is 2.52 bits per heavy atom. The molecule has 1 atom stereocenters. The van der Waals surface area contributed by atoms with Crippen molar-refractivity contribution in [3.8, 4) is 6.07 Å². The predicted molar refractivity (Wildman–Crippen MR) is 80.6 cm³/mol. The number of benzene rings is 1. The van der Waals surface area contributed by atoms with Gasteiger partial charge in [0.05, 0.1) is 11.6 Å². The molecule has 1 aromatic rings. The number of amides is 2. The molecular weight excluding hydrogens is 266 g/mol. The van der Waals surface area contributed by atoms with E-state index in [1.807, 2.05) is 19.9 Å². The van der Waals surface area contributed by atoms with Crippen LogP contribution in [-0.4, -0.2) is 36.9 Å². The Labute approximate surface area is 125 Å². The Morgan fingerprint density at radius 1 is 1.33 bits per heavy atom. The van der Waals surface area contributed by atoms with E-state index in [-0.39, 0.29) is 17.7 Å². The molecule has 5 nitrogen and oxygen atoms in total. The third-order valence-corrected chi connectivity index (χ3v) is 3.01. The van der Waals surface area contributed by atoms with E-state index in [9.17, 15) is 9.59 Å². The zero-order valence-corrected chi connectivity index (χ0v) is 12.9. The molecule has 0 aromatic heterocycles. The van der Waals surface area contributed by atoms with Gasteiger partial charge in [0, 0.05) is 19.7 Å². The van der Waals surface area contributed by atoms with E-state index in [1.165, 1.54) is 11.0 Å². The Kier molecular flexibility index (Phi) is 5.92. The summed E-state index contributed by atoms with van der Waals surface area (Å²) in [6.45, 7) is 4.00. The fraction of sp³-hybridized carbons (Fsp3) is 0.438. The summed E-state index contributed by atoms with van der Waals surface area (Å²) in [6.07, 6.45) is 0.570. The Balaban J connectivity index is 2.89. The van der Waals surface area contributed by atoms with E-state index in [1.54, 1.807) is 32.3 Å². The standard InChI is InChI=1S/C16H21N3O2/c1-11(2)8-14(16(21)19(3)4)18-15(20)13-7-5-6-12(9-13)10-17/h5-7,9,11,14H,8H2,1-4H3,(H,18,20)/t14-/m1/s1. The van der Waals surface area contributed by atoms with Gasteiger partial charge < -0.3 is 10.2 Å². The molecule has 0 fully saturated rings. The van der Waals surface area contributed by atoms with Gasteiger partial charge in [-0.3, -0.25) is 9.59 Å². The smallest absolute Gasteiger partial charge is 0.251 e. The van der Waals surface area contributed by atoms with Crippen LogP contribution in [-0.2, 0) is 4.79 Å². The molecule has 0 saturated carbocycles. The van der Waals surface area contributed by atoms with Crippen LogP contribution >= 0.6 is 0 Å². The first kappa shape index (κ1) is 16.7. The van der Waals surface area contributed by atoms with Crippen molar-refractivity contribution in [2.75, 3.05) is 14.1 Å². The molecule has 5 heteroatoms. The fourth-order valence-electron chi connectivity index (χ4n) is 1.98. The van der Waals surface area contributed by atoms with Crippen LogP contribution in [0, 0.1) is 17.2 Å². The molecule has 1 aromatic carbocycles. The van der Waals surface area contributed by atoms with Gasteiger partial charge in [0.1, 0.15) is 6.04 Å². The normalized spacial score (nSPS) is 11.6. The maximum Gasteiger partial charge on any atom is 0.251 e. The van der Waals surface area contributed by atoms with Crippen molar-refractivity contribution in [2.45, 2.75) is 26.3 Å². The molecular formula is C16H21N3O2. The van der Waals surface area contributed by atoms with Crippen LogP contribution in [0.5, 0.6) is 0 Å². The van der Waals surface area contributed by atoms with Gasteiger partial charge in [-0.25, -0.2) is 0 Å². The van der Waals surface area contributed by atoms with Gasteiger partial charge in [0.25, 0.3) is 5.91 Å². The lowest BCUT2D eigenvalue weighted by atomic mass is 10.0. The van der Waals surface area contributed by atoms with Gasteiger partial charge in [-0.05, 0) is 30.5 Å². The first-order valence-corrected chi connectivity index (χ1v) is 6.87. The topological polar surface area (TPSA) is 73.2 Å². The van der Waals surface area contributed by atoms with Crippen LogP contribution in [0.3, 0.4) is 0 Å². The Hall–Kier alpha value is -2.35. The third kappa shape index (κ3) is 4.92. The summed E-state index contributed by atoms with van der Waals surface area (Å²) in [5.41, 5.74) is 0.802. The van der Waals surface area contributed by atoms with Crippen LogP contribution in [0.2, 0.25) is 0 Å². The highest BCUT2D eigenvalue weighted by molar-refractivity contribution is 5.97.